The van der Waals surface area contributed by atoms with Gasteiger partial charge >= 0.3 is 5.97 Å². The first-order chi connectivity index (χ1) is 48.7. The maximum Gasteiger partial charge on any atom is 0.326 e. The van der Waals surface area contributed by atoms with Gasteiger partial charge in [-0.1, -0.05) is 30.3 Å². The van der Waals surface area contributed by atoms with Crippen molar-refractivity contribution >= 4 is 105 Å². The number of para-hydroxylation sites is 1. The summed E-state index contributed by atoms with van der Waals surface area (Å²) in [6.45, 7) is -1.80. The van der Waals surface area contributed by atoms with E-state index in [1.165, 1.54) is 65.3 Å². The highest BCUT2D eigenvalue weighted by molar-refractivity contribution is 7.98. The number of likely N-dealkylation sites (tertiary alicyclic amines) is 2. The van der Waals surface area contributed by atoms with E-state index >= 15 is 0 Å². The Morgan fingerprint density at radius 2 is 1.14 bits per heavy atom. The number of imidazole rings is 1. The number of amides is 12. The summed E-state index contributed by atoms with van der Waals surface area (Å²) in [4.78, 5) is 195. The summed E-state index contributed by atoms with van der Waals surface area (Å²) in [5, 5.41) is 73.2. The Hall–Kier alpha value is -10.4. The number of nitrogens with zero attached hydrogens (tertiary/aromatic N) is 4. The van der Waals surface area contributed by atoms with Gasteiger partial charge in [0.2, 0.25) is 70.9 Å². The molecule has 0 radical (unpaired) electrons. The number of aliphatic imine (C=N–C) groups is 1. The van der Waals surface area contributed by atoms with Crippen molar-refractivity contribution in [2.24, 2.45) is 27.9 Å². The van der Waals surface area contributed by atoms with Gasteiger partial charge in [0.05, 0.1) is 26.1 Å². The number of hydrogen-bond donors (Lipinski definition) is 20. The van der Waals surface area contributed by atoms with Crippen LogP contribution in [-0.2, 0) is 81.6 Å². The molecule has 2 aliphatic rings. The van der Waals surface area contributed by atoms with Gasteiger partial charge in [-0.3, -0.25) is 62.5 Å². The smallest absolute Gasteiger partial charge is 0.326 e. The number of nitrogens with one attached hydrogen (secondary N) is 11. The molecular formula is C64H91N19O18S. The number of carboxylic acid groups (broad SMARTS) is 1. The number of aromatic hydroxyl groups is 1. The van der Waals surface area contributed by atoms with Crippen LogP contribution < -0.4 is 70.8 Å². The standard InChI is InChI=1S/C64H91N19O18S/c1-33(52(89)80-48(31-86)58(95)78-45(24-34-13-15-37(87)16-14-34)61(98)82-21-7-12-50(82)60(97)76-43(63(100)101)19-23-102-2)73-57(94)47(30-85)81-54(91)41(10-5-20-70-64(67)68)75-59(96)49-11-6-22-83(49)62(99)46(26-36-28-69-32-72-36)79-56(93)44(25-35-27-71-40-9-4-3-8-38(35)40)77-55(92)42(17-18-51(66)88)74-53(90)39(65)29-84/h3-4,8-9,13-16,27-28,32-33,39,41-50,71,84-87H,5-7,10-12,17-26,29-31,65H2,1-2H3,(H2,66,88)(H,69,72)(H,73,94)(H,74,90)(H,75,96)(H,76,97)(H,77,92)(H,78,95)(H,79,93)(H,80,89)(H,81,91)(H,100,101)(H4,67,68,70)/t33-,39-,41-,42-,43-,44-,45-,46-,47-,48-,49-,50-/m0/s1. The van der Waals surface area contributed by atoms with Crippen LogP contribution in [0.3, 0.4) is 0 Å². The normalized spacial score (nSPS) is 17.1. The van der Waals surface area contributed by atoms with E-state index in [-0.39, 0.29) is 95.6 Å². The molecule has 0 saturated carbocycles. The lowest BCUT2D eigenvalue weighted by Crippen LogP contribution is -2.61. The summed E-state index contributed by atoms with van der Waals surface area (Å²) in [6, 6.07) is -5.08. The number of carboxylic acids is 1. The fourth-order valence-electron chi connectivity index (χ4n) is 11.5. The molecule has 556 valence electrons. The molecule has 4 aromatic rings. The molecule has 38 heteroatoms. The van der Waals surface area contributed by atoms with Crippen LogP contribution in [0, 0.1) is 0 Å². The summed E-state index contributed by atoms with van der Waals surface area (Å²) in [5.74, 6) is -12.4. The highest BCUT2D eigenvalue weighted by atomic mass is 32.2. The Labute approximate surface area is 589 Å². The molecule has 2 aromatic heterocycles. The molecule has 0 bridgehead atoms. The van der Waals surface area contributed by atoms with Crippen molar-refractivity contribution in [1.82, 2.24) is 72.6 Å². The van der Waals surface area contributed by atoms with Crippen LogP contribution in [0.4, 0.5) is 0 Å². The predicted octanol–water partition coefficient (Wildman–Crippen LogP) is -6.55. The van der Waals surface area contributed by atoms with Crippen LogP contribution >= 0.6 is 11.8 Å². The molecule has 12 atom stereocenters. The lowest BCUT2D eigenvalue weighted by atomic mass is 10.0. The molecule has 2 aliphatic heterocycles. The van der Waals surface area contributed by atoms with E-state index in [1.54, 1.807) is 36.7 Å². The zero-order valence-electron chi connectivity index (χ0n) is 56.3. The van der Waals surface area contributed by atoms with Crippen LogP contribution in [0.5, 0.6) is 5.75 Å². The first-order valence-corrected chi connectivity index (χ1v) is 34.3. The summed E-state index contributed by atoms with van der Waals surface area (Å²) in [5.41, 5.74) is 24.2. The van der Waals surface area contributed by atoms with E-state index in [0.717, 1.165) is 0 Å². The van der Waals surface area contributed by atoms with Crippen molar-refractivity contribution in [3.05, 3.63) is 84.1 Å². The van der Waals surface area contributed by atoms with Gasteiger partial charge in [-0.2, -0.15) is 11.8 Å². The number of nitrogens with two attached hydrogens (primary N) is 4. The van der Waals surface area contributed by atoms with Gasteiger partial charge in [-0.05, 0) is 99.6 Å². The molecule has 0 unspecified atom stereocenters. The first kappa shape index (κ1) is 80.5. The Balaban J connectivity index is 1.15. The SMILES string of the molecule is CSCC[C@H](NC(=O)[C@@H]1CCCN1C(=O)[C@H](Cc1ccc(O)cc1)NC(=O)[C@H](CO)NC(=O)[C@H](C)NC(=O)[C@H](CO)NC(=O)[C@H](CCCN=C(N)N)NC(=O)[C@@H]1CCCN1C(=O)[C@H](Cc1cnc[nH]1)NC(=O)[C@H](Cc1c[nH]c2ccccc12)NC(=O)[C@H](CCC(N)=O)NC(=O)[C@@H](N)CO)C(=O)O. The van der Waals surface area contributed by atoms with Crippen molar-refractivity contribution in [3.63, 3.8) is 0 Å². The number of aliphatic hydroxyl groups excluding tert-OH is 3. The van der Waals surface area contributed by atoms with E-state index in [9.17, 15) is 87.9 Å². The zero-order valence-corrected chi connectivity index (χ0v) is 57.1. The second-order valence-corrected chi connectivity index (χ2v) is 25.5. The lowest BCUT2D eigenvalue weighted by molar-refractivity contribution is -0.145. The van der Waals surface area contributed by atoms with Gasteiger partial charge in [0, 0.05) is 74.3 Å². The second-order valence-electron chi connectivity index (χ2n) is 24.5. The van der Waals surface area contributed by atoms with E-state index in [4.69, 9.17) is 22.9 Å². The number of rotatable bonds is 40. The molecule has 12 amide bonds. The zero-order chi connectivity index (χ0) is 74.7. The van der Waals surface area contributed by atoms with Gasteiger partial charge in [0.1, 0.15) is 78.3 Å². The Morgan fingerprint density at radius 1 is 0.608 bits per heavy atom. The van der Waals surface area contributed by atoms with Gasteiger partial charge in [-0.25, -0.2) is 9.78 Å². The number of guanidine groups is 1. The number of phenolic OH excluding ortho intramolecular Hbond substituents is 1. The number of fused-ring (bicyclic) bond motifs is 1. The van der Waals surface area contributed by atoms with Crippen molar-refractivity contribution in [1.29, 1.82) is 0 Å². The molecule has 37 nitrogen and oxygen atoms in total. The number of thioether (sulfide) groups is 1. The molecular weight excluding hydrogens is 1350 g/mol. The van der Waals surface area contributed by atoms with E-state index in [2.05, 4.69) is 67.8 Å². The number of primary amides is 1. The summed E-state index contributed by atoms with van der Waals surface area (Å²) in [6.07, 6.45) is 5.44. The third-order valence-electron chi connectivity index (χ3n) is 17.0. The Bertz CT molecular complexity index is 3610. The lowest BCUT2D eigenvalue weighted by Gasteiger charge is -2.31. The molecule has 102 heavy (non-hydrogen) atoms. The number of phenols is 1. The number of aliphatic carboxylic acids is 1. The minimum absolute atomic E-state index is 0.0363. The van der Waals surface area contributed by atoms with Gasteiger partial charge < -0.3 is 116 Å². The molecule has 24 N–H and O–H groups in total. The van der Waals surface area contributed by atoms with Crippen LogP contribution in [0.15, 0.2) is 72.2 Å². The molecule has 2 saturated heterocycles. The third-order valence-corrected chi connectivity index (χ3v) is 17.7. The molecule has 4 heterocycles. The summed E-state index contributed by atoms with van der Waals surface area (Å²) in [7, 11) is 0. The second kappa shape index (κ2) is 39.5. The average molecular weight is 1450 g/mol. The molecule has 0 spiro atoms. The van der Waals surface area contributed by atoms with Crippen LogP contribution in [0.25, 0.3) is 10.9 Å². The van der Waals surface area contributed by atoms with E-state index < -0.39 is 176 Å². The molecule has 2 aromatic carbocycles. The monoisotopic (exact) mass is 1450 g/mol. The number of aromatic amines is 2. The fourth-order valence-corrected chi connectivity index (χ4v) is 12.0. The molecule has 0 aliphatic carbocycles. The maximum absolute atomic E-state index is 15.0. The molecule has 2 fully saturated rings. The third kappa shape index (κ3) is 23.6. The maximum atomic E-state index is 15.0. The number of carbonyl (C=O) groups is 13. The van der Waals surface area contributed by atoms with Crippen LogP contribution in [0.2, 0.25) is 0 Å². The number of hydrogen-bond acceptors (Lipinski definition) is 21. The Morgan fingerprint density at radius 3 is 1.70 bits per heavy atom. The summed E-state index contributed by atoms with van der Waals surface area (Å²) < 4.78 is 0. The van der Waals surface area contributed by atoms with Crippen molar-refractivity contribution in [2.45, 2.75) is 156 Å². The minimum atomic E-state index is -1.82. The van der Waals surface area contributed by atoms with Crippen molar-refractivity contribution < 1.29 is 87.9 Å². The topological polar surface area (TPSA) is 599 Å². The minimum Gasteiger partial charge on any atom is -0.508 e. The number of H-pyrrole nitrogens is 2. The van der Waals surface area contributed by atoms with Crippen LogP contribution in [-0.4, -0.2) is 257 Å². The predicted molar refractivity (Wildman–Crippen MR) is 367 cm³/mol. The van der Waals surface area contributed by atoms with Crippen LogP contribution in [0.1, 0.15) is 81.5 Å². The van der Waals surface area contributed by atoms with Gasteiger partial charge in [-0.15, -0.1) is 0 Å². The highest BCUT2D eigenvalue weighted by Gasteiger charge is 2.43. The fraction of sp³-hybridized carbons (Fsp3) is 0.516. The Kier molecular flexibility index (Phi) is 31.2. The number of carbonyl (C=O) groups excluding carboxylic acids is 12. The summed E-state index contributed by atoms with van der Waals surface area (Å²) >= 11 is 1.38. The number of aromatic nitrogens is 3. The number of aliphatic hydroxyl groups is 3. The number of benzene rings is 2. The highest BCUT2D eigenvalue weighted by Crippen LogP contribution is 2.24. The van der Waals surface area contributed by atoms with Crippen molar-refractivity contribution in [2.75, 3.05) is 51.5 Å². The largest absolute Gasteiger partial charge is 0.508 e. The van der Waals surface area contributed by atoms with E-state index in [1.807, 2.05) is 0 Å². The van der Waals surface area contributed by atoms with Crippen molar-refractivity contribution in [3.8, 4) is 5.75 Å². The van der Waals surface area contributed by atoms with Gasteiger partial charge in [0.25, 0.3) is 0 Å². The van der Waals surface area contributed by atoms with Gasteiger partial charge in [0.15, 0.2) is 5.96 Å². The first-order valence-electron chi connectivity index (χ1n) is 32.9. The average Bonchev–Trinajstić information content (AvgIpc) is 1.60. The molecule has 6 rings (SSSR count). The van der Waals surface area contributed by atoms with E-state index in [0.29, 0.717) is 39.9 Å². The quantitative estimate of drug-likeness (QED) is 0.0112.